The summed E-state index contributed by atoms with van der Waals surface area (Å²) in [6, 6.07) is 19.6. The minimum atomic E-state index is -0.841. The van der Waals surface area contributed by atoms with Crippen LogP contribution in [0.5, 0.6) is 0 Å². The molecule has 3 aromatic rings. The molecular weight excluding hydrogens is 334 g/mol. The Morgan fingerprint density at radius 3 is 2.10 bits per heavy atom. The summed E-state index contributed by atoms with van der Waals surface area (Å²) >= 11 is 3.43. The maximum Gasteiger partial charge on any atom is 0.159 e. The average molecular weight is 345 g/mol. The molecule has 0 saturated heterocycles. The van der Waals surface area contributed by atoms with Gasteiger partial charge in [-0.05, 0) is 46.5 Å². The lowest BCUT2D eigenvalue weighted by Gasteiger charge is -2.11. The molecule has 0 spiro atoms. The number of hydrogen-bond acceptors (Lipinski definition) is 0. The number of benzene rings is 3. The molecule has 21 heavy (non-hydrogen) atoms. The van der Waals surface area contributed by atoms with Gasteiger partial charge in [-0.3, -0.25) is 0 Å². The Bertz CT molecular complexity index is 782. The molecule has 104 valence electrons. The molecule has 3 heteroatoms. The Hall–Kier alpha value is -2.00. The molecule has 0 heterocycles. The first-order valence-corrected chi connectivity index (χ1v) is 7.25. The minimum Gasteiger partial charge on any atom is -0.204 e. The van der Waals surface area contributed by atoms with Crippen molar-refractivity contribution in [3.05, 3.63) is 82.8 Å². The smallest absolute Gasteiger partial charge is 0.159 e. The van der Waals surface area contributed by atoms with Crippen LogP contribution in [-0.4, -0.2) is 0 Å². The van der Waals surface area contributed by atoms with E-state index < -0.39 is 11.6 Å². The van der Waals surface area contributed by atoms with Gasteiger partial charge in [-0.1, -0.05) is 58.4 Å². The Balaban J connectivity index is 2.21. The largest absolute Gasteiger partial charge is 0.204 e. The van der Waals surface area contributed by atoms with Crippen molar-refractivity contribution < 1.29 is 8.78 Å². The summed E-state index contributed by atoms with van der Waals surface area (Å²) in [4.78, 5) is 0. The van der Waals surface area contributed by atoms with E-state index in [4.69, 9.17) is 0 Å². The Kier molecular flexibility index (Phi) is 3.84. The van der Waals surface area contributed by atoms with Gasteiger partial charge in [-0.2, -0.15) is 0 Å². The van der Waals surface area contributed by atoms with Crippen molar-refractivity contribution >= 4 is 15.9 Å². The van der Waals surface area contributed by atoms with Crippen LogP contribution in [0.25, 0.3) is 22.3 Å². The van der Waals surface area contributed by atoms with Gasteiger partial charge in [0, 0.05) is 4.47 Å². The lowest BCUT2D eigenvalue weighted by atomic mass is 9.94. The van der Waals surface area contributed by atoms with E-state index in [0.717, 1.165) is 27.2 Å². The zero-order valence-electron chi connectivity index (χ0n) is 11.0. The molecule has 0 aliphatic rings. The summed E-state index contributed by atoms with van der Waals surface area (Å²) in [5.41, 5.74) is 3.51. The minimum absolute atomic E-state index is 0.647. The molecule has 0 radical (unpaired) electrons. The fourth-order valence-corrected chi connectivity index (χ4v) is 2.65. The van der Waals surface area contributed by atoms with E-state index in [1.165, 1.54) is 6.07 Å². The molecule has 0 saturated carbocycles. The number of hydrogen-bond donors (Lipinski definition) is 0. The van der Waals surface area contributed by atoms with Crippen molar-refractivity contribution in [3.8, 4) is 22.3 Å². The van der Waals surface area contributed by atoms with Gasteiger partial charge in [-0.25, -0.2) is 8.78 Å². The van der Waals surface area contributed by atoms with Crippen LogP contribution in [0.4, 0.5) is 8.78 Å². The predicted molar refractivity (Wildman–Crippen MR) is 84.9 cm³/mol. The normalized spacial score (nSPS) is 10.6. The molecular formula is C18H11BrF2. The first-order chi connectivity index (χ1) is 10.1. The third-order valence-electron chi connectivity index (χ3n) is 3.30. The van der Waals surface area contributed by atoms with Gasteiger partial charge < -0.3 is 0 Å². The maximum atomic E-state index is 13.5. The van der Waals surface area contributed by atoms with Crippen molar-refractivity contribution in [1.82, 2.24) is 0 Å². The zero-order chi connectivity index (χ0) is 14.8. The van der Waals surface area contributed by atoms with Crippen LogP contribution >= 0.6 is 15.9 Å². The summed E-state index contributed by atoms with van der Waals surface area (Å²) in [5.74, 6) is -1.68. The Morgan fingerprint density at radius 2 is 1.38 bits per heavy atom. The fourth-order valence-electron chi connectivity index (χ4n) is 2.29. The lowest BCUT2D eigenvalue weighted by molar-refractivity contribution is 0.509. The molecule has 0 N–H and O–H groups in total. The van der Waals surface area contributed by atoms with Gasteiger partial charge in [0.2, 0.25) is 0 Å². The SMILES string of the molecule is Fc1ccc(-c2cc(Br)ccc2-c2ccccc2)cc1F. The van der Waals surface area contributed by atoms with Gasteiger partial charge in [0.05, 0.1) is 0 Å². The highest BCUT2D eigenvalue weighted by atomic mass is 79.9. The van der Waals surface area contributed by atoms with E-state index in [-0.39, 0.29) is 0 Å². The Labute approximate surface area is 130 Å². The third kappa shape index (κ3) is 2.88. The van der Waals surface area contributed by atoms with Gasteiger partial charge in [0.15, 0.2) is 11.6 Å². The van der Waals surface area contributed by atoms with Crippen LogP contribution in [0, 0.1) is 11.6 Å². The molecule has 0 aliphatic heterocycles. The van der Waals surface area contributed by atoms with E-state index in [9.17, 15) is 8.78 Å². The molecule has 0 fully saturated rings. The van der Waals surface area contributed by atoms with Crippen LogP contribution in [-0.2, 0) is 0 Å². The summed E-state index contributed by atoms with van der Waals surface area (Å²) in [7, 11) is 0. The summed E-state index contributed by atoms with van der Waals surface area (Å²) in [6.45, 7) is 0. The van der Waals surface area contributed by atoms with Crippen molar-refractivity contribution in [3.63, 3.8) is 0 Å². The fraction of sp³-hybridized carbons (Fsp3) is 0. The van der Waals surface area contributed by atoms with E-state index in [1.807, 2.05) is 48.5 Å². The molecule has 0 unspecified atom stereocenters. The second-order valence-electron chi connectivity index (χ2n) is 4.68. The number of rotatable bonds is 2. The van der Waals surface area contributed by atoms with Gasteiger partial charge in [0.25, 0.3) is 0 Å². The quantitative estimate of drug-likeness (QED) is 0.529. The van der Waals surface area contributed by atoms with E-state index in [0.29, 0.717) is 5.56 Å². The molecule has 0 bridgehead atoms. The highest BCUT2D eigenvalue weighted by Crippen LogP contribution is 2.34. The summed E-state index contributed by atoms with van der Waals surface area (Å²) in [5, 5.41) is 0. The third-order valence-corrected chi connectivity index (χ3v) is 3.79. The van der Waals surface area contributed by atoms with Crippen LogP contribution < -0.4 is 0 Å². The average Bonchev–Trinajstić information content (AvgIpc) is 2.51. The van der Waals surface area contributed by atoms with E-state index in [1.54, 1.807) is 6.07 Å². The van der Waals surface area contributed by atoms with Crippen molar-refractivity contribution in [2.75, 3.05) is 0 Å². The second kappa shape index (κ2) is 5.78. The Morgan fingerprint density at radius 1 is 0.619 bits per heavy atom. The van der Waals surface area contributed by atoms with Gasteiger partial charge in [-0.15, -0.1) is 0 Å². The highest BCUT2D eigenvalue weighted by Gasteiger charge is 2.10. The maximum absolute atomic E-state index is 13.5. The van der Waals surface area contributed by atoms with E-state index >= 15 is 0 Å². The van der Waals surface area contributed by atoms with E-state index in [2.05, 4.69) is 15.9 Å². The van der Waals surface area contributed by atoms with Gasteiger partial charge >= 0.3 is 0 Å². The van der Waals surface area contributed by atoms with Crippen molar-refractivity contribution in [1.29, 1.82) is 0 Å². The topological polar surface area (TPSA) is 0 Å². The first-order valence-electron chi connectivity index (χ1n) is 6.45. The lowest BCUT2D eigenvalue weighted by Crippen LogP contribution is -1.89. The van der Waals surface area contributed by atoms with Crippen LogP contribution in [0.3, 0.4) is 0 Å². The summed E-state index contributed by atoms with van der Waals surface area (Å²) < 4.78 is 27.5. The second-order valence-corrected chi connectivity index (χ2v) is 5.60. The standard InChI is InChI=1S/C18H11BrF2/c19-14-7-8-15(12-4-2-1-3-5-12)16(11-14)13-6-9-17(20)18(21)10-13/h1-11H. The number of halogens is 3. The predicted octanol–water partition coefficient (Wildman–Crippen LogP) is 6.06. The zero-order valence-corrected chi connectivity index (χ0v) is 12.6. The van der Waals surface area contributed by atoms with Crippen molar-refractivity contribution in [2.24, 2.45) is 0 Å². The monoisotopic (exact) mass is 344 g/mol. The van der Waals surface area contributed by atoms with Crippen LogP contribution in [0.2, 0.25) is 0 Å². The molecule has 0 aliphatic carbocycles. The molecule has 3 rings (SSSR count). The molecule has 0 atom stereocenters. The first kappa shape index (κ1) is 14.0. The summed E-state index contributed by atoms with van der Waals surface area (Å²) in [6.07, 6.45) is 0. The van der Waals surface area contributed by atoms with Gasteiger partial charge in [0.1, 0.15) is 0 Å². The molecule has 0 aromatic heterocycles. The highest BCUT2D eigenvalue weighted by molar-refractivity contribution is 9.10. The molecule has 0 nitrogen and oxygen atoms in total. The van der Waals surface area contributed by atoms with Crippen molar-refractivity contribution in [2.45, 2.75) is 0 Å². The van der Waals surface area contributed by atoms with Crippen LogP contribution in [0.1, 0.15) is 0 Å². The molecule has 0 amide bonds. The van der Waals surface area contributed by atoms with Crippen LogP contribution in [0.15, 0.2) is 71.2 Å². The molecule has 3 aromatic carbocycles.